The molecule has 1 aliphatic heterocycles. The summed E-state index contributed by atoms with van der Waals surface area (Å²) in [6.45, 7) is 0. The van der Waals surface area contributed by atoms with Crippen LogP contribution in [0.15, 0.2) is 12.2 Å². The third-order valence-corrected chi connectivity index (χ3v) is 2.87. The van der Waals surface area contributed by atoms with Crippen LogP contribution in [0.4, 0.5) is 0 Å². The Bertz CT molecular complexity index is 465. The minimum absolute atomic E-state index is 0. The molecule has 0 aliphatic carbocycles. The van der Waals surface area contributed by atoms with Gasteiger partial charge in [0.2, 0.25) is 0 Å². The fourth-order valence-corrected chi connectivity index (χ4v) is 1.91. The average Bonchev–Trinajstić information content (AvgIpc) is 2.46. The number of esters is 1. The average molecular weight is 342 g/mol. The molecular weight excluding hydrogens is 327 g/mol. The molecule has 0 amide bonds. The molecule has 5 unspecified atom stereocenters. The van der Waals surface area contributed by atoms with Crippen LogP contribution in [0, 0.1) is 0 Å². The molecule has 2 N–H and O–H groups in total. The number of hydrogen-bond donors (Lipinski definition) is 2. The van der Waals surface area contributed by atoms with E-state index in [1.54, 1.807) is 0 Å². The Morgan fingerprint density at radius 1 is 1.13 bits per heavy atom. The molecule has 0 aromatic carbocycles. The fourth-order valence-electron chi connectivity index (χ4n) is 1.91. The predicted molar refractivity (Wildman–Crippen MR) is 64.1 cm³/mol. The number of aliphatic hydroxyl groups excluding tert-OH is 1. The van der Waals surface area contributed by atoms with Gasteiger partial charge in [-0.15, -0.1) is 0 Å². The van der Waals surface area contributed by atoms with E-state index in [0.29, 0.717) is 12.2 Å². The van der Waals surface area contributed by atoms with Gasteiger partial charge in [0.1, 0.15) is 18.3 Å². The molecule has 10 nitrogen and oxygen atoms in total. The van der Waals surface area contributed by atoms with Crippen LogP contribution in [-0.2, 0) is 33.3 Å². The van der Waals surface area contributed by atoms with Crippen molar-refractivity contribution in [1.29, 1.82) is 0 Å². The van der Waals surface area contributed by atoms with Crippen LogP contribution < -0.4 is 34.7 Å². The second-order valence-corrected chi connectivity index (χ2v) is 4.24. The van der Waals surface area contributed by atoms with Crippen LogP contribution in [0.25, 0.3) is 0 Å². The maximum absolute atomic E-state index is 11.5. The van der Waals surface area contributed by atoms with Gasteiger partial charge in [0.05, 0.1) is 5.97 Å². The summed E-state index contributed by atoms with van der Waals surface area (Å²) in [5, 5.41) is 29.5. The van der Waals surface area contributed by atoms with E-state index < -0.39 is 48.6 Å². The van der Waals surface area contributed by atoms with E-state index in [0.717, 1.165) is 14.2 Å². The SMILES string of the molecule is COC1OC(C(=O)[O-])C(OC)C(O)C1OC(=O)/C=C\C(=O)O.[Na+]. The molecule has 0 saturated carbocycles. The van der Waals surface area contributed by atoms with Crippen molar-refractivity contribution in [2.24, 2.45) is 0 Å². The summed E-state index contributed by atoms with van der Waals surface area (Å²) in [5.41, 5.74) is 0. The second-order valence-electron chi connectivity index (χ2n) is 4.24. The summed E-state index contributed by atoms with van der Waals surface area (Å²) < 4.78 is 19.5. The third kappa shape index (κ3) is 5.84. The molecule has 0 radical (unpaired) electrons. The standard InChI is InChI=1S/C12H16O10.Na/c1-19-8-7(16)9(21-6(15)4-3-5(13)14)12(20-2)22-10(8)11(17)18;/h3-4,7-10,12,16H,1-2H3,(H,13,14)(H,17,18);/q;+1/p-1/b4-3-;. The zero-order valence-electron chi connectivity index (χ0n) is 12.7. The fraction of sp³-hybridized carbons (Fsp3) is 0.583. The van der Waals surface area contributed by atoms with Gasteiger partial charge in [-0.05, 0) is 0 Å². The number of methoxy groups -OCH3 is 2. The maximum Gasteiger partial charge on any atom is 1.00 e. The molecule has 1 saturated heterocycles. The summed E-state index contributed by atoms with van der Waals surface area (Å²) in [6, 6.07) is 0. The van der Waals surface area contributed by atoms with Gasteiger partial charge < -0.3 is 39.1 Å². The van der Waals surface area contributed by atoms with E-state index in [9.17, 15) is 24.6 Å². The van der Waals surface area contributed by atoms with Crippen LogP contribution in [-0.4, -0.2) is 73.0 Å². The summed E-state index contributed by atoms with van der Waals surface area (Å²) in [6.07, 6.45) is -6.24. The molecule has 1 fully saturated rings. The van der Waals surface area contributed by atoms with Gasteiger partial charge in [-0.2, -0.15) is 0 Å². The van der Waals surface area contributed by atoms with E-state index in [-0.39, 0.29) is 29.6 Å². The number of carboxylic acid groups (broad SMARTS) is 2. The Labute approximate surface area is 153 Å². The summed E-state index contributed by atoms with van der Waals surface area (Å²) in [7, 11) is 2.27. The van der Waals surface area contributed by atoms with Crippen LogP contribution in [0.1, 0.15) is 0 Å². The first-order valence-electron chi connectivity index (χ1n) is 6.03. The maximum atomic E-state index is 11.5. The molecular formula is C12H15NaO10. The predicted octanol–water partition coefficient (Wildman–Crippen LogP) is -5.96. The zero-order chi connectivity index (χ0) is 16.9. The van der Waals surface area contributed by atoms with Gasteiger partial charge in [0.15, 0.2) is 12.4 Å². The molecule has 1 heterocycles. The first kappa shape index (κ1) is 22.0. The first-order valence-corrected chi connectivity index (χ1v) is 6.03. The van der Waals surface area contributed by atoms with Gasteiger partial charge in [-0.25, -0.2) is 9.59 Å². The van der Waals surface area contributed by atoms with Crippen molar-refractivity contribution in [1.82, 2.24) is 0 Å². The van der Waals surface area contributed by atoms with Crippen molar-refractivity contribution in [3.63, 3.8) is 0 Å². The summed E-state index contributed by atoms with van der Waals surface area (Å²) in [4.78, 5) is 32.8. The number of hydrogen-bond acceptors (Lipinski definition) is 9. The molecule has 124 valence electrons. The Morgan fingerprint density at radius 3 is 2.17 bits per heavy atom. The Morgan fingerprint density at radius 2 is 1.74 bits per heavy atom. The van der Waals surface area contributed by atoms with Crippen molar-refractivity contribution in [2.45, 2.75) is 30.7 Å². The Balaban J connectivity index is 0.00000484. The number of carbonyl (C=O) groups excluding carboxylic acids is 2. The van der Waals surface area contributed by atoms with Crippen molar-refractivity contribution >= 4 is 17.9 Å². The van der Waals surface area contributed by atoms with Crippen molar-refractivity contribution in [3.05, 3.63) is 12.2 Å². The number of rotatable bonds is 6. The van der Waals surface area contributed by atoms with Gasteiger partial charge in [-0.3, -0.25) is 0 Å². The number of carboxylic acids is 2. The quantitative estimate of drug-likeness (QED) is 0.271. The Kier molecular flexibility index (Phi) is 9.54. The molecule has 11 heteroatoms. The van der Waals surface area contributed by atoms with Crippen LogP contribution in [0.2, 0.25) is 0 Å². The molecule has 1 aliphatic rings. The van der Waals surface area contributed by atoms with Crippen molar-refractivity contribution in [3.8, 4) is 0 Å². The van der Waals surface area contributed by atoms with E-state index in [1.807, 2.05) is 0 Å². The monoisotopic (exact) mass is 342 g/mol. The van der Waals surface area contributed by atoms with Crippen LogP contribution in [0.3, 0.4) is 0 Å². The van der Waals surface area contributed by atoms with Gasteiger partial charge in [0.25, 0.3) is 0 Å². The molecule has 23 heavy (non-hydrogen) atoms. The van der Waals surface area contributed by atoms with Crippen LogP contribution >= 0.6 is 0 Å². The van der Waals surface area contributed by atoms with Crippen molar-refractivity contribution in [2.75, 3.05) is 14.2 Å². The van der Waals surface area contributed by atoms with Gasteiger partial charge in [0, 0.05) is 26.4 Å². The molecule has 0 aromatic heterocycles. The molecule has 1 rings (SSSR count). The number of aliphatic carboxylic acids is 2. The smallest absolute Gasteiger partial charge is 0.547 e. The molecule has 0 spiro atoms. The van der Waals surface area contributed by atoms with E-state index in [1.165, 1.54) is 0 Å². The van der Waals surface area contributed by atoms with E-state index in [4.69, 9.17) is 24.1 Å². The molecule has 5 atom stereocenters. The van der Waals surface area contributed by atoms with Gasteiger partial charge >= 0.3 is 41.5 Å². The summed E-state index contributed by atoms with van der Waals surface area (Å²) in [5.74, 6) is -4.09. The minimum atomic E-state index is -1.64. The topological polar surface area (TPSA) is 152 Å². The molecule has 0 aromatic rings. The largest absolute Gasteiger partial charge is 1.00 e. The first-order chi connectivity index (χ1) is 10.3. The normalized spacial score (nSPS) is 30.5. The van der Waals surface area contributed by atoms with E-state index >= 15 is 0 Å². The molecule has 0 bridgehead atoms. The number of ether oxygens (including phenoxy) is 4. The Hall–Kier alpha value is -1.01. The second kappa shape index (κ2) is 9.98. The minimum Gasteiger partial charge on any atom is -0.547 e. The van der Waals surface area contributed by atoms with Crippen LogP contribution in [0.5, 0.6) is 0 Å². The summed E-state index contributed by atoms with van der Waals surface area (Å²) >= 11 is 0. The zero-order valence-corrected chi connectivity index (χ0v) is 14.7. The van der Waals surface area contributed by atoms with Crippen molar-refractivity contribution < 1.29 is 78.2 Å². The van der Waals surface area contributed by atoms with E-state index in [2.05, 4.69) is 0 Å². The van der Waals surface area contributed by atoms with Gasteiger partial charge in [-0.1, -0.05) is 0 Å². The number of carbonyl (C=O) groups is 3. The number of aliphatic hydroxyl groups is 1. The third-order valence-electron chi connectivity index (χ3n) is 2.87.